The zero-order chi connectivity index (χ0) is 8.48. The first-order chi connectivity index (χ1) is 5.01. The van der Waals surface area contributed by atoms with Crippen LogP contribution in [0, 0.1) is 0 Å². The maximum atomic E-state index is 4.45. The summed E-state index contributed by atoms with van der Waals surface area (Å²) in [6.45, 7) is 3.20. The van der Waals surface area contributed by atoms with Gasteiger partial charge in [0.15, 0.2) is 5.84 Å². The average molecular weight is 156 g/mol. The number of nitrogens with zero attached hydrogens (tertiary/aromatic N) is 3. The van der Waals surface area contributed by atoms with Gasteiger partial charge >= 0.3 is 0 Å². The predicted molar refractivity (Wildman–Crippen MR) is 47.8 cm³/mol. The molecule has 0 N–H and O–H groups in total. The zero-order valence-electron chi connectivity index (χ0n) is 7.96. The first-order valence-corrected chi connectivity index (χ1v) is 4.04. The van der Waals surface area contributed by atoms with Gasteiger partial charge in [0.1, 0.15) is 6.54 Å². The van der Waals surface area contributed by atoms with Crippen LogP contribution in [0.2, 0.25) is 0 Å². The number of hydrogen-bond acceptors (Lipinski definition) is 2. The molecule has 0 aromatic heterocycles. The Labute approximate surface area is 68.9 Å². The predicted octanol–water partition coefficient (Wildman–Crippen LogP) is 0.0365. The minimum atomic E-state index is 0.973. The highest BCUT2D eigenvalue weighted by Crippen LogP contribution is 2.04. The molecule has 1 heterocycles. The molecule has 0 atom stereocenters. The van der Waals surface area contributed by atoms with E-state index in [1.165, 1.54) is 5.84 Å². The van der Waals surface area contributed by atoms with Gasteiger partial charge in [-0.2, -0.15) is 0 Å². The molecule has 64 valence electrons. The summed E-state index contributed by atoms with van der Waals surface area (Å²) in [4.78, 5) is 6.56. The summed E-state index contributed by atoms with van der Waals surface area (Å²) in [5, 5.41) is 0. The van der Waals surface area contributed by atoms with Gasteiger partial charge in [0.05, 0.1) is 27.2 Å². The van der Waals surface area contributed by atoms with Crippen molar-refractivity contribution in [2.45, 2.75) is 0 Å². The molecule has 0 aliphatic carbocycles. The summed E-state index contributed by atoms with van der Waals surface area (Å²) in [7, 11) is 8.62. The van der Waals surface area contributed by atoms with Gasteiger partial charge in [-0.15, -0.1) is 0 Å². The van der Waals surface area contributed by atoms with Gasteiger partial charge in [0.25, 0.3) is 0 Å². The molecule has 0 saturated carbocycles. The molecule has 3 heteroatoms. The van der Waals surface area contributed by atoms with E-state index in [4.69, 9.17) is 0 Å². The molecule has 1 rings (SSSR count). The number of aliphatic imine (C=N–C) groups is 1. The Balaban J connectivity index is 2.63. The van der Waals surface area contributed by atoms with Crippen LogP contribution in [-0.2, 0) is 0 Å². The van der Waals surface area contributed by atoms with E-state index in [1.807, 2.05) is 0 Å². The van der Waals surface area contributed by atoms with E-state index >= 15 is 0 Å². The average Bonchev–Trinajstić information content (AvgIpc) is 1.85. The number of rotatable bonds is 0. The second kappa shape index (κ2) is 2.81. The van der Waals surface area contributed by atoms with Crippen LogP contribution in [-0.4, -0.2) is 63.0 Å². The SMILES string of the molecule is CN(C)C1=NCC[N+](C)(C)C1. The molecule has 0 bridgehead atoms. The van der Waals surface area contributed by atoms with E-state index in [0.29, 0.717) is 0 Å². The van der Waals surface area contributed by atoms with Gasteiger partial charge in [0, 0.05) is 14.1 Å². The van der Waals surface area contributed by atoms with E-state index < -0.39 is 0 Å². The monoisotopic (exact) mass is 156 g/mol. The van der Waals surface area contributed by atoms with Crippen molar-refractivity contribution >= 4 is 5.84 Å². The van der Waals surface area contributed by atoms with Crippen molar-refractivity contribution in [3.63, 3.8) is 0 Å². The smallest absolute Gasteiger partial charge is 0.155 e. The third-order valence-corrected chi connectivity index (χ3v) is 2.09. The first-order valence-electron chi connectivity index (χ1n) is 4.04. The Morgan fingerprint density at radius 2 is 2.00 bits per heavy atom. The summed E-state index contributed by atoms with van der Waals surface area (Å²) in [5.74, 6) is 1.22. The summed E-state index contributed by atoms with van der Waals surface area (Å²) >= 11 is 0. The molecule has 0 amide bonds. The summed E-state index contributed by atoms with van der Waals surface area (Å²) in [6, 6.07) is 0. The molecular weight excluding hydrogens is 138 g/mol. The molecule has 0 spiro atoms. The van der Waals surface area contributed by atoms with Crippen molar-refractivity contribution in [1.82, 2.24) is 4.90 Å². The van der Waals surface area contributed by atoms with E-state index in [2.05, 4.69) is 38.1 Å². The number of quaternary nitrogens is 1. The lowest BCUT2D eigenvalue weighted by atomic mass is 10.3. The normalized spacial score (nSPS) is 22.7. The number of amidine groups is 1. The van der Waals surface area contributed by atoms with Crippen LogP contribution in [0.1, 0.15) is 0 Å². The molecule has 0 fully saturated rings. The molecule has 0 aromatic rings. The third kappa shape index (κ3) is 2.19. The van der Waals surface area contributed by atoms with Crippen molar-refractivity contribution in [1.29, 1.82) is 0 Å². The fraction of sp³-hybridized carbons (Fsp3) is 0.875. The molecule has 3 nitrogen and oxygen atoms in total. The van der Waals surface area contributed by atoms with E-state index in [-0.39, 0.29) is 0 Å². The van der Waals surface area contributed by atoms with Crippen LogP contribution in [0.15, 0.2) is 4.99 Å². The molecule has 1 aliphatic heterocycles. The Hall–Kier alpha value is -0.570. The Bertz CT molecular complexity index is 170. The Morgan fingerprint density at radius 3 is 2.36 bits per heavy atom. The van der Waals surface area contributed by atoms with E-state index in [1.54, 1.807) is 0 Å². The van der Waals surface area contributed by atoms with Crippen LogP contribution in [0.5, 0.6) is 0 Å². The minimum absolute atomic E-state index is 0.973. The first kappa shape index (κ1) is 8.53. The molecule has 0 aromatic carbocycles. The van der Waals surface area contributed by atoms with Crippen LogP contribution < -0.4 is 0 Å². The quantitative estimate of drug-likeness (QED) is 0.452. The largest absolute Gasteiger partial charge is 0.362 e. The van der Waals surface area contributed by atoms with E-state index in [9.17, 15) is 0 Å². The van der Waals surface area contributed by atoms with Gasteiger partial charge in [-0.05, 0) is 0 Å². The second-order valence-electron chi connectivity index (χ2n) is 4.01. The van der Waals surface area contributed by atoms with Gasteiger partial charge in [-0.25, -0.2) is 0 Å². The van der Waals surface area contributed by atoms with Crippen molar-refractivity contribution in [3.8, 4) is 0 Å². The topological polar surface area (TPSA) is 15.6 Å². The fourth-order valence-electron chi connectivity index (χ4n) is 1.24. The van der Waals surface area contributed by atoms with Crippen LogP contribution in [0.3, 0.4) is 0 Å². The maximum absolute atomic E-state index is 4.45. The molecule has 0 saturated heterocycles. The lowest BCUT2D eigenvalue weighted by molar-refractivity contribution is -0.881. The Kier molecular flexibility index (Phi) is 2.18. The van der Waals surface area contributed by atoms with Gasteiger partial charge < -0.3 is 9.38 Å². The summed E-state index contributed by atoms with van der Waals surface area (Å²) in [6.07, 6.45) is 0. The van der Waals surface area contributed by atoms with Crippen LogP contribution >= 0.6 is 0 Å². The van der Waals surface area contributed by atoms with Crippen LogP contribution in [0.4, 0.5) is 0 Å². The van der Waals surface area contributed by atoms with Gasteiger partial charge in [0.2, 0.25) is 0 Å². The zero-order valence-corrected chi connectivity index (χ0v) is 7.96. The minimum Gasteiger partial charge on any atom is -0.362 e. The van der Waals surface area contributed by atoms with Crippen molar-refractivity contribution in [3.05, 3.63) is 0 Å². The summed E-state index contributed by atoms with van der Waals surface area (Å²) in [5.41, 5.74) is 0. The van der Waals surface area contributed by atoms with Crippen molar-refractivity contribution in [2.75, 3.05) is 47.8 Å². The third-order valence-electron chi connectivity index (χ3n) is 2.09. The fourth-order valence-corrected chi connectivity index (χ4v) is 1.24. The van der Waals surface area contributed by atoms with Crippen LogP contribution in [0.25, 0.3) is 0 Å². The van der Waals surface area contributed by atoms with Crippen molar-refractivity contribution in [2.24, 2.45) is 4.99 Å². The van der Waals surface area contributed by atoms with Gasteiger partial charge in [-0.1, -0.05) is 0 Å². The highest BCUT2D eigenvalue weighted by molar-refractivity contribution is 5.83. The lowest BCUT2D eigenvalue weighted by Gasteiger charge is -2.34. The van der Waals surface area contributed by atoms with Crippen molar-refractivity contribution < 1.29 is 4.48 Å². The highest BCUT2D eigenvalue weighted by atomic mass is 15.4. The molecule has 0 radical (unpaired) electrons. The number of likely N-dealkylation sites (N-methyl/N-ethyl adjacent to an activating group) is 2. The molecule has 11 heavy (non-hydrogen) atoms. The van der Waals surface area contributed by atoms with E-state index in [0.717, 1.165) is 24.1 Å². The maximum Gasteiger partial charge on any atom is 0.155 e. The summed E-state index contributed by atoms with van der Waals surface area (Å²) < 4.78 is 1.07. The lowest BCUT2D eigenvalue weighted by Crippen LogP contribution is -2.51. The molecule has 1 aliphatic rings. The highest BCUT2D eigenvalue weighted by Gasteiger charge is 2.22. The number of hydrogen-bond donors (Lipinski definition) is 0. The molecule has 0 unspecified atom stereocenters. The second-order valence-corrected chi connectivity index (χ2v) is 4.01. The Morgan fingerprint density at radius 1 is 1.36 bits per heavy atom. The van der Waals surface area contributed by atoms with Gasteiger partial charge in [-0.3, -0.25) is 4.99 Å². The standard InChI is InChI=1S/C8H18N3/c1-10(2)8-7-11(3,4)6-5-9-8/h5-7H2,1-4H3/q+1. The molecular formula is C8H18N3+.